The fourth-order valence-electron chi connectivity index (χ4n) is 1.96. The van der Waals surface area contributed by atoms with Crippen LogP contribution in [0.5, 0.6) is 0 Å². The molecule has 0 aliphatic heterocycles. The summed E-state index contributed by atoms with van der Waals surface area (Å²) in [6.07, 6.45) is 2.46. The quantitative estimate of drug-likeness (QED) is 0.747. The SMILES string of the molecule is CCCNc1ncnc(-n2nnc3ccccc32)c1N. The first-order valence-electron chi connectivity index (χ1n) is 6.46. The van der Waals surface area contributed by atoms with E-state index in [1.54, 1.807) is 4.68 Å². The minimum Gasteiger partial charge on any atom is -0.393 e. The van der Waals surface area contributed by atoms with Gasteiger partial charge in [-0.3, -0.25) is 0 Å². The first kappa shape index (κ1) is 12.3. The summed E-state index contributed by atoms with van der Waals surface area (Å²) < 4.78 is 1.63. The Balaban J connectivity index is 2.10. The zero-order chi connectivity index (χ0) is 13.9. The molecule has 0 bridgehead atoms. The van der Waals surface area contributed by atoms with E-state index < -0.39 is 0 Å². The third-order valence-electron chi connectivity index (χ3n) is 2.96. The lowest BCUT2D eigenvalue weighted by molar-refractivity contribution is 0.799. The smallest absolute Gasteiger partial charge is 0.184 e. The van der Waals surface area contributed by atoms with Crippen LogP contribution in [-0.2, 0) is 0 Å². The maximum atomic E-state index is 6.13. The van der Waals surface area contributed by atoms with Crippen molar-refractivity contribution in [3.63, 3.8) is 0 Å². The highest BCUT2D eigenvalue weighted by Crippen LogP contribution is 2.23. The van der Waals surface area contributed by atoms with Gasteiger partial charge in [-0.15, -0.1) is 5.10 Å². The van der Waals surface area contributed by atoms with E-state index in [4.69, 9.17) is 5.73 Å². The number of nitrogens with two attached hydrogens (primary N) is 1. The summed E-state index contributed by atoms with van der Waals surface area (Å²) in [5.74, 6) is 1.16. The lowest BCUT2D eigenvalue weighted by Gasteiger charge is -2.10. The summed E-state index contributed by atoms with van der Waals surface area (Å²) in [7, 11) is 0. The highest BCUT2D eigenvalue weighted by Gasteiger charge is 2.13. The van der Waals surface area contributed by atoms with E-state index in [0.717, 1.165) is 24.0 Å². The number of rotatable bonds is 4. The van der Waals surface area contributed by atoms with Gasteiger partial charge in [0.1, 0.15) is 17.5 Å². The average molecular weight is 269 g/mol. The fourth-order valence-corrected chi connectivity index (χ4v) is 1.96. The number of anilines is 2. The Morgan fingerprint density at radius 3 is 2.95 bits per heavy atom. The van der Waals surface area contributed by atoms with Crippen LogP contribution in [0.15, 0.2) is 30.6 Å². The van der Waals surface area contributed by atoms with Gasteiger partial charge >= 0.3 is 0 Å². The Morgan fingerprint density at radius 2 is 2.10 bits per heavy atom. The number of nitrogen functional groups attached to an aromatic ring is 1. The van der Waals surface area contributed by atoms with Crippen molar-refractivity contribution in [2.75, 3.05) is 17.6 Å². The molecule has 20 heavy (non-hydrogen) atoms. The second-order valence-electron chi connectivity index (χ2n) is 4.38. The molecule has 102 valence electrons. The van der Waals surface area contributed by atoms with E-state index in [-0.39, 0.29) is 0 Å². The number of benzene rings is 1. The van der Waals surface area contributed by atoms with Gasteiger partial charge in [0, 0.05) is 6.54 Å². The molecule has 0 atom stereocenters. The molecule has 2 heterocycles. The number of fused-ring (bicyclic) bond motifs is 1. The van der Waals surface area contributed by atoms with Crippen molar-refractivity contribution in [1.29, 1.82) is 0 Å². The van der Waals surface area contributed by atoms with Crippen molar-refractivity contribution in [2.24, 2.45) is 0 Å². The largest absolute Gasteiger partial charge is 0.393 e. The Bertz CT molecular complexity index is 734. The van der Waals surface area contributed by atoms with Crippen LogP contribution in [0.2, 0.25) is 0 Å². The Morgan fingerprint density at radius 1 is 1.25 bits per heavy atom. The Kier molecular flexibility index (Phi) is 3.16. The highest BCUT2D eigenvalue weighted by atomic mass is 15.4. The minimum absolute atomic E-state index is 0.469. The molecule has 0 aliphatic rings. The van der Waals surface area contributed by atoms with Gasteiger partial charge in [0.05, 0.1) is 5.52 Å². The second kappa shape index (κ2) is 5.12. The van der Waals surface area contributed by atoms with E-state index in [1.807, 2.05) is 24.3 Å². The minimum atomic E-state index is 0.469. The zero-order valence-electron chi connectivity index (χ0n) is 11.1. The summed E-state index contributed by atoms with van der Waals surface area (Å²) in [6.45, 7) is 2.88. The van der Waals surface area contributed by atoms with E-state index in [0.29, 0.717) is 17.3 Å². The Hall–Kier alpha value is -2.70. The van der Waals surface area contributed by atoms with Gasteiger partial charge in [-0.25, -0.2) is 9.97 Å². The van der Waals surface area contributed by atoms with Crippen LogP contribution < -0.4 is 11.1 Å². The molecule has 0 saturated carbocycles. The molecule has 3 rings (SSSR count). The normalized spacial score (nSPS) is 10.8. The topological polar surface area (TPSA) is 94.5 Å². The predicted molar refractivity (Wildman–Crippen MR) is 77.6 cm³/mol. The van der Waals surface area contributed by atoms with Crippen LogP contribution >= 0.6 is 0 Å². The monoisotopic (exact) mass is 269 g/mol. The van der Waals surface area contributed by atoms with Crippen LogP contribution in [-0.4, -0.2) is 31.5 Å². The van der Waals surface area contributed by atoms with E-state index in [1.165, 1.54) is 6.33 Å². The summed E-state index contributed by atoms with van der Waals surface area (Å²) in [4.78, 5) is 8.38. The Labute approximate surface area is 115 Å². The molecule has 2 aromatic heterocycles. The number of aromatic nitrogens is 5. The van der Waals surface area contributed by atoms with Gasteiger partial charge in [0.15, 0.2) is 11.6 Å². The van der Waals surface area contributed by atoms with Gasteiger partial charge in [-0.2, -0.15) is 4.68 Å². The van der Waals surface area contributed by atoms with Crippen LogP contribution in [0.25, 0.3) is 16.9 Å². The number of nitrogens with zero attached hydrogens (tertiary/aromatic N) is 5. The van der Waals surface area contributed by atoms with Crippen LogP contribution in [0, 0.1) is 0 Å². The maximum absolute atomic E-state index is 6.13. The van der Waals surface area contributed by atoms with E-state index in [9.17, 15) is 0 Å². The van der Waals surface area contributed by atoms with E-state index >= 15 is 0 Å². The number of hydrogen-bond acceptors (Lipinski definition) is 6. The third-order valence-corrected chi connectivity index (χ3v) is 2.96. The first-order chi connectivity index (χ1) is 9.81. The summed E-state index contributed by atoms with van der Waals surface area (Å²) >= 11 is 0. The summed E-state index contributed by atoms with van der Waals surface area (Å²) in [5.41, 5.74) is 8.26. The molecule has 0 unspecified atom stereocenters. The van der Waals surface area contributed by atoms with Crippen molar-refractivity contribution in [3.8, 4) is 5.82 Å². The molecule has 3 N–H and O–H groups in total. The molecule has 3 aromatic rings. The number of hydrogen-bond donors (Lipinski definition) is 2. The number of nitrogens with one attached hydrogen (secondary N) is 1. The van der Waals surface area contributed by atoms with Crippen molar-refractivity contribution in [2.45, 2.75) is 13.3 Å². The van der Waals surface area contributed by atoms with Crippen molar-refractivity contribution in [3.05, 3.63) is 30.6 Å². The third kappa shape index (κ3) is 2.03. The molecule has 0 saturated heterocycles. The molecule has 0 spiro atoms. The summed E-state index contributed by atoms with van der Waals surface area (Å²) in [5, 5.41) is 11.4. The molecule has 7 heteroatoms. The van der Waals surface area contributed by atoms with Gasteiger partial charge in [0.2, 0.25) is 0 Å². The van der Waals surface area contributed by atoms with Crippen molar-refractivity contribution in [1.82, 2.24) is 25.0 Å². The van der Waals surface area contributed by atoms with Gasteiger partial charge in [-0.05, 0) is 18.6 Å². The standard InChI is InChI=1S/C13H15N7/c1-2-7-15-12-11(14)13(17-8-16-12)20-10-6-4-3-5-9(10)18-19-20/h3-6,8H,2,7,14H2,1H3,(H,15,16,17). The zero-order valence-corrected chi connectivity index (χ0v) is 11.1. The van der Waals surface area contributed by atoms with Crippen molar-refractivity contribution < 1.29 is 0 Å². The molecule has 0 aliphatic carbocycles. The molecule has 0 amide bonds. The van der Waals surface area contributed by atoms with Crippen molar-refractivity contribution >= 4 is 22.5 Å². The second-order valence-corrected chi connectivity index (χ2v) is 4.38. The van der Waals surface area contributed by atoms with Gasteiger partial charge in [-0.1, -0.05) is 24.3 Å². The lowest BCUT2D eigenvalue weighted by atomic mass is 10.3. The van der Waals surface area contributed by atoms with E-state index in [2.05, 4.69) is 32.5 Å². The molecule has 1 aromatic carbocycles. The van der Waals surface area contributed by atoms with Crippen LogP contribution in [0.3, 0.4) is 0 Å². The molecule has 7 nitrogen and oxygen atoms in total. The van der Waals surface area contributed by atoms with Gasteiger partial charge in [0.25, 0.3) is 0 Å². The summed E-state index contributed by atoms with van der Waals surface area (Å²) in [6, 6.07) is 7.66. The molecule has 0 fully saturated rings. The lowest BCUT2D eigenvalue weighted by Crippen LogP contribution is -2.11. The molecular weight excluding hydrogens is 254 g/mol. The van der Waals surface area contributed by atoms with Crippen LogP contribution in [0.1, 0.15) is 13.3 Å². The molecular formula is C13H15N7. The van der Waals surface area contributed by atoms with Crippen LogP contribution in [0.4, 0.5) is 11.5 Å². The number of para-hydroxylation sites is 1. The first-order valence-corrected chi connectivity index (χ1v) is 6.46. The molecule has 0 radical (unpaired) electrons. The maximum Gasteiger partial charge on any atom is 0.184 e. The fraction of sp³-hybridized carbons (Fsp3) is 0.231. The highest BCUT2D eigenvalue weighted by molar-refractivity contribution is 5.78. The predicted octanol–water partition coefficient (Wildman–Crippen LogP) is 1.61. The average Bonchev–Trinajstić information content (AvgIpc) is 2.90. The van der Waals surface area contributed by atoms with Gasteiger partial charge < -0.3 is 11.1 Å².